The molecule has 30 heavy (non-hydrogen) atoms. The van der Waals surface area contributed by atoms with Crippen LogP contribution in [0, 0.1) is 0 Å². The Balaban J connectivity index is 1.50. The largest absolute Gasteiger partial charge is 0.364 e. The highest BCUT2D eigenvalue weighted by atomic mass is 16.6. The molecule has 0 aliphatic heterocycles. The number of aliphatic hydroxyl groups is 1. The zero-order valence-electron chi connectivity index (χ0n) is 16.6. The maximum absolute atomic E-state index is 10.3. The molecule has 1 fully saturated rings. The molecule has 6 heteroatoms. The van der Waals surface area contributed by atoms with E-state index in [4.69, 9.17) is 4.74 Å². The lowest BCUT2D eigenvalue weighted by Gasteiger charge is -2.16. The van der Waals surface area contributed by atoms with Crippen LogP contribution in [-0.4, -0.2) is 27.2 Å². The van der Waals surface area contributed by atoms with Gasteiger partial charge in [-0.1, -0.05) is 30.3 Å². The van der Waals surface area contributed by atoms with E-state index in [2.05, 4.69) is 20.3 Å². The van der Waals surface area contributed by atoms with Crippen LogP contribution in [0.4, 0.5) is 11.5 Å². The number of ether oxygens (including phenoxy) is 1. The molecule has 0 radical (unpaired) electrons. The number of methoxy groups -OCH3 is 1. The monoisotopic (exact) mass is 398 g/mol. The summed E-state index contributed by atoms with van der Waals surface area (Å²) in [5.74, 6) is 1.12. The number of rotatable bonds is 6. The lowest BCUT2D eigenvalue weighted by Crippen LogP contribution is -2.07. The molecule has 1 aliphatic rings. The molecule has 1 unspecified atom stereocenters. The SMILES string of the molecule is COC(O)c1cc(C2CC2)cnc1Nc1ccc2c(-c3ccccc3)ncnc2c1. The predicted octanol–water partition coefficient (Wildman–Crippen LogP) is 4.95. The van der Waals surface area contributed by atoms with E-state index >= 15 is 0 Å². The fraction of sp³-hybridized carbons (Fsp3) is 0.208. The van der Waals surface area contributed by atoms with E-state index in [1.807, 2.05) is 60.8 Å². The van der Waals surface area contributed by atoms with Crippen molar-refractivity contribution in [3.63, 3.8) is 0 Å². The van der Waals surface area contributed by atoms with Gasteiger partial charge in [0.1, 0.15) is 12.1 Å². The zero-order valence-corrected chi connectivity index (χ0v) is 16.6. The van der Waals surface area contributed by atoms with E-state index in [9.17, 15) is 5.11 Å². The minimum absolute atomic E-state index is 0.545. The van der Waals surface area contributed by atoms with Gasteiger partial charge < -0.3 is 15.2 Å². The summed E-state index contributed by atoms with van der Waals surface area (Å²) >= 11 is 0. The number of hydrogen-bond donors (Lipinski definition) is 2. The van der Waals surface area contributed by atoms with Gasteiger partial charge in [0.2, 0.25) is 0 Å². The van der Waals surface area contributed by atoms with Crippen LogP contribution in [0.2, 0.25) is 0 Å². The normalized spacial score (nSPS) is 14.6. The van der Waals surface area contributed by atoms with Crippen molar-refractivity contribution in [2.24, 2.45) is 0 Å². The van der Waals surface area contributed by atoms with Crippen molar-refractivity contribution < 1.29 is 9.84 Å². The maximum atomic E-state index is 10.3. The fourth-order valence-electron chi connectivity index (χ4n) is 3.66. The van der Waals surface area contributed by atoms with Crippen LogP contribution >= 0.6 is 0 Å². The Bertz CT molecular complexity index is 1190. The van der Waals surface area contributed by atoms with Crippen molar-refractivity contribution >= 4 is 22.4 Å². The lowest BCUT2D eigenvalue weighted by molar-refractivity contribution is -0.0766. The van der Waals surface area contributed by atoms with Gasteiger partial charge in [0.15, 0.2) is 6.29 Å². The van der Waals surface area contributed by atoms with Crippen LogP contribution in [0.15, 0.2) is 67.1 Å². The first-order valence-corrected chi connectivity index (χ1v) is 10.0. The second-order valence-corrected chi connectivity index (χ2v) is 7.51. The number of benzene rings is 2. The number of nitrogens with one attached hydrogen (secondary N) is 1. The molecule has 5 rings (SSSR count). The summed E-state index contributed by atoms with van der Waals surface area (Å²) in [7, 11) is 1.48. The van der Waals surface area contributed by atoms with Crippen LogP contribution in [-0.2, 0) is 4.74 Å². The summed E-state index contributed by atoms with van der Waals surface area (Å²) < 4.78 is 5.16. The molecule has 0 spiro atoms. The van der Waals surface area contributed by atoms with E-state index < -0.39 is 6.29 Å². The highest BCUT2D eigenvalue weighted by Gasteiger charge is 2.26. The maximum Gasteiger partial charge on any atom is 0.184 e. The molecule has 1 aliphatic carbocycles. The quantitative estimate of drug-likeness (QED) is 0.447. The molecule has 1 saturated carbocycles. The highest BCUT2D eigenvalue weighted by molar-refractivity contribution is 5.94. The summed E-state index contributed by atoms with van der Waals surface area (Å²) in [6, 6.07) is 18.0. The molecular weight excluding hydrogens is 376 g/mol. The van der Waals surface area contributed by atoms with Gasteiger partial charge >= 0.3 is 0 Å². The lowest BCUT2D eigenvalue weighted by atomic mass is 10.1. The van der Waals surface area contributed by atoms with Crippen molar-refractivity contribution in [3.05, 3.63) is 78.2 Å². The number of aromatic nitrogens is 3. The summed E-state index contributed by atoms with van der Waals surface area (Å²) in [5, 5.41) is 14.6. The Hall–Kier alpha value is -3.35. The summed E-state index contributed by atoms with van der Waals surface area (Å²) in [4.78, 5) is 13.5. The van der Waals surface area contributed by atoms with Gasteiger partial charge in [-0.3, -0.25) is 0 Å². The Morgan fingerprint density at radius 1 is 1.03 bits per heavy atom. The molecule has 0 saturated heterocycles. The Morgan fingerprint density at radius 3 is 2.63 bits per heavy atom. The molecule has 2 heterocycles. The van der Waals surface area contributed by atoms with Crippen molar-refractivity contribution in [2.75, 3.05) is 12.4 Å². The molecule has 6 nitrogen and oxygen atoms in total. The Morgan fingerprint density at radius 2 is 1.87 bits per heavy atom. The van der Waals surface area contributed by atoms with Crippen LogP contribution < -0.4 is 5.32 Å². The second kappa shape index (κ2) is 7.82. The standard InChI is InChI=1S/C24H22N4O2/c1-30-24(29)20-11-17(15-7-8-15)13-25-23(20)28-18-9-10-19-21(12-18)26-14-27-22(19)16-5-3-2-4-6-16/h2-6,9-15,24,29H,7-8H2,1H3,(H,25,28). The van der Waals surface area contributed by atoms with Crippen molar-refractivity contribution in [1.82, 2.24) is 15.0 Å². The summed E-state index contributed by atoms with van der Waals surface area (Å²) in [6.45, 7) is 0. The molecule has 2 aromatic heterocycles. The Kier molecular flexibility index (Phi) is 4.86. The van der Waals surface area contributed by atoms with Gasteiger partial charge in [-0.15, -0.1) is 0 Å². The number of hydrogen-bond acceptors (Lipinski definition) is 6. The molecule has 0 bridgehead atoms. The van der Waals surface area contributed by atoms with Crippen LogP contribution in [0.1, 0.15) is 36.2 Å². The first-order valence-electron chi connectivity index (χ1n) is 10.0. The third-order valence-corrected chi connectivity index (χ3v) is 5.42. The van der Waals surface area contributed by atoms with Gasteiger partial charge in [0, 0.05) is 29.9 Å². The minimum atomic E-state index is -1.04. The average Bonchev–Trinajstić information content (AvgIpc) is 3.64. The summed E-state index contributed by atoms with van der Waals surface area (Å²) in [6.07, 6.45) is 4.77. The van der Waals surface area contributed by atoms with E-state index in [-0.39, 0.29) is 0 Å². The number of pyridine rings is 1. The van der Waals surface area contributed by atoms with Gasteiger partial charge in [-0.2, -0.15) is 0 Å². The number of fused-ring (bicyclic) bond motifs is 1. The molecule has 0 amide bonds. The third kappa shape index (κ3) is 3.63. The molecular formula is C24H22N4O2. The number of nitrogens with zero attached hydrogens (tertiary/aromatic N) is 3. The van der Waals surface area contributed by atoms with Crippen LogP contribution in [0.25, 0.3) is 22.2 Å². The first-order chi connectivity index (χ1) is 14.7. The smallest absolute Gasteiger partial charge is 0.184 e. The van der Waals surface area contributed by atoms with E-state index in [1.165, 1.54) is 20.0 Å². The Labute approximate surface area is 174 Å². The highest BCUT2D eigenvalue weighted by Crippen LogP contribution is 2.41. The molecule has 150 valence electrons. The summed E-state index contributed by atoms with van der Waals surface area (Å²) in [5.41, 5.74) is 5.39. The van der Waals surface area contributed by atoms with Gasteiger partial charge in [-0.25, -0.2) is 15.0 Å². The minimum Gasteiger partial charge on any atom is -0.364 e. The third-order valence-electron chi connectivity index (χ3n) is 5.42. The van der Waals surface area contributed by atoms with Crippen LogP contribution in [0.3, 0.4) is 0 Å². The van der Waals surface area contributed by atoms with E-state index in [1.54, 1.807) is 6.33 Å². The number of anilines is 2. The fourth-order valence-corrected chi connectivity index (χ4v) is 3.66. The van der Waals surface area contributed by atoms with Crippen LogP contribution in [0.5, 0.6) is 0 Å². The van der Waals surface area contributed by atoms with Gasteiger partial charge in [-0.05, 0) is 48.6 Å². The van der Waals surface area contributed by atoms with E-state index in [0.29, 0.717) is 17.3 Å². The number of aliphatic hydroxyl groups excluding tert-OH is 1. The second-order valence-electron chi connectivity index (χ2n) is 7.51. The molecule has 2 N–H and O–H groups in total. The first kappa shape index (κ1) is 18.7. The van der Waals surface area contributed by atoms with E-state index in [0.717, 1.165) is 33.4 Å². The van der Waals surface area contributed by atoms with Crippen molar-refractivity contribution in [2.45, 2.75) is 25.0 Å². The van der Waals surface area contributed by atoms with Gasteiger partial charge in [0.05, 0.1) is 16.8 Å². The topological polar surface area (TPSA) is 80.2 Å². The average molecular weight is 398 g/mol. The molecule has 4 aromatic rings. The van der Waals surface area contributed by atoms with Crippen molar-refractivity contribution in [3.8, 4) is 11.3 Å². The molecule has 2 aromatic carbocycles. The molecule has 1 atom stereocenters. The van der Waals surface area contributed by atoms with Crippen molar-refractivity contribution in [1.29, 1.82) is 0 Å². The van der Waals surface area contributed by atoms with Gasteiger partial charge in [0.25, 0.3) is 0 Å². The predicted molar refractivity (Wildman–Crippen MR) is 116 cm³/mol. The zero-order chi connectivity index (χ0) is 20.5.